The fourth-order valence-electron chi connectivity index (χ4n) is 5.50. The predicted molar refractivity (Wildman–Crippen MR) is 154 cm³/mol. The van der Waals surface area contributed by atoms with Gasteiger partial charge < -0.3 is 19.8 Å². The molecule has 0 spiro atoms. The molecule has 1 aliphatic rings. The van der Waals surface area contributed by atoms with Crippen molar-refractivity contribution < 1.29 is 19.7 Å². The molecule has 1 fully saturated rings. The Labute approximate surface area is 234 Å². The van der Waals surface area contributed by atoms with Crippen molar-refractivity contribution in [2.24, 2.45) is 11.8 Å². The molecule has 2 aromatic carbocycles. The normalized spacial score (nSPS) is 18.9. The minimum atomic E-state index is -0.740. The molecule has 3 aromatic rings. The summed E-state index contributed by atoms with van der Waals surface area (Å²) in [6.07, 6.45) is 5.63. The van der Waals surface area contributed by atoms with E-state index in [1.165, 1.54) is 4.90 Å². The van der Waals surface area contributed by atoms with Gasteiger partial charge in [0.15, 0.2) is 0 Å². The van der Waals surface area contributed by atoms with Crippen LogP contribution in [0, 0.1) is 11.8 Å². The number of fused-ring (bicyclic) bond motifs is 1. The Balaban J connectivity index is 1.32. The van der Waals surface area contributed by atoms with Crippen molar-refractivity contribution in [2.45, 2.75) is 49.5 Å². The van der Waals surface area contributed by atoms with E-state index in [2.05, 4.69) is 16.0 Å². The summed E-state index contributed by atoms with van der Waals surface area (Å²) in [4.78, 5) is 19.4. The van der Waals surface area contributed by atoms with Gasteiger partial charge in [-0.3, -0.25) is 9.78 Å². The second-order valence-electron chi connectivity index (χ2n) is 10.1. The maximum Gasteiger partial charge on any atom is 0.303 e. The Bertz CT molecular complexity index is 1210. The number of hydrogen-bond donors (Lipinski definition) is 2. The molecule has 1 aliphatic heterocycles. The van der Waals surface area contributed by atoms with Gasteiger partial charge in [0, 0.05) is 34.5 Å². The van der Waals surface area contributed by atoms with Gasteiger partial charge in [0.05, 0.1) is 18.7 Å². The van der Waals surface area contributed by atoms with Gasteiger partial charge in [-0.05, 0) is 111 Å². The fourth-order valence-corrected chi connectivity index (χ4v) is 6.65. The summed E-state index contributed by atoms with van der Waals surface area (Å²) in [5.41, 5.74) is 1.70. The maximum absolute atomic E-state index is 11.3. The molecule has 8 heteroatoms. The van der Waals surface area contributed by atoms with Crippen LogP contribution in [0.2, 0.25) is 5.02 Å². The Hall–Kier alpha value is -2.32. The highest BCUT2D eigenvalue weighted by Crippen LogP contribution is 2.35. The number of benzene rings is 2. The number of nitrogens with zero attached hydrogens (tertiary/aromatic N) is 2. The SMILES string of the molecule is COc1ccc2nccc([C@@H](O)CCC3CCN(CCCSc4cccc(Cl)c4)CC3CCC(=O)O)c2c1. The third-order valence-corrected chi connectivity index (χ3v) is 8.86. The van der Waals surface area contributed by atoms with Crippen LogP contribution in [0.25, 0.3) is 10.9 Å². The summed E-state index contributed by atoms with van der Waals surface area (Å²) in [5, 5.41) is 22.1. The van der Waals surface area contributed by atoms with Crippen LogP contribution in [0.3, 0.4) is 0 Å². The van der Waals surface area contributed by atoms with Crippen LogP contribution < -0.4 is 4.74 Å². The van der Waals surface area contributed by atoms with E-state index >= 15 is 0 Å². The lowest BCUT2D eigenvalue weighted by Gasteiger charge is -2.39. The zero-order chi connectivity index (χ0) is 26.9. The third-order valence-electron chi connectivity index (χ3n) is 7.54. The van der Waals surface area contributed by atoms with Crippen LogP contribution in [-0.4, -0.2) is 58.6 Å². The molecule has 2 unspecified atom stereocenters. The first-order chi connectivity index (χ1) is 18.4. The molecule has 1 saturated heterocycles. The Morgan fingerprint density at radius 3 is 2.87 bits per heavy atom. The number of piperidine rings is 1. The van der Waals surface area contributed by atoms with Crippen molar-refractivity contribution in [3.8, 4) is 5.75 Å². The van der Waals surface area contributed by atoms with E-state index in [4.69, 9.17) is 16.3 Å². The molecule has 2 N–H and O–H groups in total. The average Bonchev–Trinajstić information content (AvgIpc) is 2.92. The quantitative estimate of drug-likeness (QED) is 0.179. The summed E-state index contributed by atoms with van der Waals surface area (Å²) in [5.74, 6) is 1.75. The number of aliphatic carboxylic acids is 1. The van der Waals surface area contributed by atoms with E-state index in [9.17, 15) is 15.0 Å². The van der Waals surface area contributed by atoms with Crippen molar-refractivity contribution in [2.75, 3.05) is 32.5 Å². The number of likely N-dealkylation sites (tertiary alicyclic amines) is 1. The lowest BCUT2D eigenvalue weighted by molar-refractivity contribution is -0.137. The monoisotopic (exact) mass is 556 g/mol. The molecule has 204 valence electrons. The number of rotatable bonds is 13. The number of pyridine rings is 1. The van der Waals surface area contributed by atoms with Crippen molar-refractivity contribution in [1.82, 2.24) is 9.88 Å². The number of thioether (sulfide) groups is 1. The van der Waals surface area contributed by atoms with E-state index in [1.807, 2.05) is 54.2 Å². The highest BCUT2D eigenvalue weighted by atomic mass is 35.5. The number of carboxylic acid groups (broad SMARTS) is 1. The number of halogens is 1. The summed E-state index contributed by atoms with van der Waals surface area (Å²) in [6, 6.07) is 15.6. The zero-order valence-electron chi connectivity index (χ0n) is 21.9. The van der Waals surface area contributed by atoms with Gasteiger partial charge in [0.25, 0.3) is 0 Å². The van der Waals surface area contributed by atoms with E-state index in [0.29, 0.717) is 24.7 Å². The average molecular weight is 557 g/mol. The Kier molecular flexibility index (Phi) is 10.7. The van der Waals surface area contributed by atoms with Crippen molar-refractivity contribution >= 4 is 40.2 Å². The minimum absolute atomic E-state index is 0.191. The summed E-state index contributed by atoms with van der Waals surface area (Å²) in [7, 11) is 1.63. The van der Waals surface area contributed by atoms with Crippen molar-refractivity contribution in [3.05, 3.63) is 65.3 Å². The molecular weight excluding hydrogens is 520 g/mol. The van der Waals surface area contributed by atoms with Gasteiger partial charge in [0.1, 0.15) is 5.75 Å². The molecule has 1 aromatic heterocycles. The smallest absolute Gasteiger partial charge is 0.303 e. The number of ether oxygens (including phenoxy) is 1. The van der Waals surface area contributed by atoms with Gasteiger partial charge in [-0.15, -0.1) is 11.8 Å². The second kappa shape index (κ2) is 14.2. The summed E-state index contributed by atoms with van der Waals surface area (Å²) in [6.45, 7) is 2.95. The van der Waals surface area contributed by atoms with Crippen LogP contribution in [0.15, 0.2) is 59.6 Å². The largest absolute Gasteiger partial charge is 0.497 e. The molecule has 0 bridgehead atoms. The Morgan fingerprint density at radius 1 is 1.21 bits per heavy atom. The van der Waals surface area contributed by atoms with Crippen molar-refractivity contribution in [3.63, 3.8) is 0 Å². The molecule has 0 radical (unpaired) electrons. The summed E-state index contributed by atoms with van der Waals surface area (Å²) >= 11 is 7.91. The van der Waals surface area contributed by atoms with E-state index in [1.54, 1.807) is 13.3 Å². The molecule has 0 amide bonds. The third kappa shape index (κ3) is 8.09. The first-order valence-corrected chi connectivity index (χ1v) is 14.7. The molecule has 0 saturated carbocycles. The number of methoxy groups -OCH3 is 1. The van der Waals surface area contributed by atoms with Crippen LogP contribution in [0.5, 0.6) is 5.75 Å². The van der Waals surface area contributed by atoms with Crippen LogP contribution in [0.1, 0.15) is 50.2 Å². The summed E-state index contributed by atoms with van der Waals surface area (Å²) < 4.78 is 5.38. The standard InChI is InChI=1S/C30H37ClN2O4S/c1-37-24-8-9-28-27(19-24)26(12-14-32-28)29(34)10-6-21-13-16-33(20-22(21)7-11-30(35)36)15-3-17-38-25-5-2-4-23(31)18-25/h2,4-5,8-9,12,14,18-19,21-22,29,34H,3,6-7,10-11,13,15-17,20H2,1H3,(H,35,36)/t21?,22?,29-/m0/s1. The molecule has 38 heavy (non-hydrogen) atoms. The van der Waals surface area contributed by atoms with E-state index in [0.717, 1.165) is 71.9 Å². The van der Waals surface area contributed by atoms with Gasteiger partial charge in [0.2, 0.25) is 0 Å². The molecule has 3 atom stereocenters. The molecule has 6 nitrogen and oxygen atoms in total. The molecular formula is C30H37ClN2O4S. The molecule has 0 aliphatic carbocycles. The van der Waals surface area contributed by atoms with Gasteiger partial charge in [-0.25, -0.2) is 0 Å². The number of carboxylic acids is 1. The highest BCUT2D eigenvalue weighted by Gasteiger charge is 2.30. The van der Waals surface area contributed by atoms with E-state index in [-0.39, 0.29) is 6.42 Å². The van der Waals surface area contributed by atoms with Gasteiger partial charge >= 0.3 is 5.97 Å². The lowest BCUT2D eigenvalue weighted by atomic mass is 9.79. The molecule has 2 heterocycles. The van der Waals surface area contributed by atoms with Crippen LogP contribution >= 0.6 is 23.4 Å². The Morgan fingerprint density at radius 2 is 2.08 bits per heavy atom. The fraction of sp³-hybridized carbons (Fsp3) is 0.467. The topological polar surface area (TPSA) is 82.9 Å². The second-order valence-corrected chi connectivity index (χ2v) is 11.7. The molecule has 4 rings (SSSR count). The number of aliphatic hydroxyl groups excluding tert-OH is 1. The predicted octanol–water partition coefficient (Wildman–Crippen LogP) is 6.70. The number of aromatic nitrogens is 1. The van der Waals surface area contributed by atoms with Gasteiger partial charge in [-0.1, -0.05) is 17.7 Å². The maximum atomic E-state index is 11.3. The van der Waals surface area contributed by atoms with Crippen molar-refractivity contribution in [1.29, 1.82) is 0 Å². The number of aliphatic hydroxyl groups is 1. The zero-order valence-corrected chi connectivity index (χ0v) is 23.5. The van der Waals surface area contributed by atoms with Crippen LogP contribution in [0.4, 0.5) is 0 Å². The number of hydrogen-bond acceptors (Lipinski definition) is 6. The number of carbonyl (C=O) groups is 1. The first-order valence-electron chi connectivity index (χ1n) is 13.4. The first kappa shape index (κ1) is 28.7. The highest BCUT2D eigenvalue weighted by molar-refractivity contribution is 7.99. The van der Waals surface area contributed by atoms with Gasteiger partial charge in [-0.2, -0.15) is 0 Å². The van der Waals surface area contributed by atoms with Crippen LogP contribution in [-0.2, 0) is 4.79 Å². The lowest BCUT2D eigenvalue weighted by Crippen LogP contribution is -2.41. The van der Waals surface area contributed by atoms with E-state index < -0.39 is 12.1 Å². The minimum Gasteiger partial charge on any atom is -0.497 e.